The maximum absolute atomic E-state index is 5.87. The van der Waals surface area contributed by atoms with Gasteiger partial charge in [-0.25, -0.2) is 0 Å². The third kappa shape index (κ3) is 1.32. The molecule has 10 heavy (non-hydrogen) atoms. The molecule has 0 saturated carbocycles. The Morgan fingerprint density at radius 2 is 2.10 bits per heavy atom. The van der Waals surface area contributed by atoms with E-state index in [0.717, 1.165) is 10.6 Å². The van der Waals surface area contributed by atoms with E-state index in [1.165, 1.54) is 5.56 Å². The van der Waals surface area contributed by atoms with Gasteiger partial charge in [-0.3, -0.25) is 0 Å². The zero-order valence-corrected chi connectivity index (χ0v) is 6.94. The molecule has 0 spiro atoms. The molecule has 0 unspecified atom stereocenters. The summed E-state index contributed by atoms with van der Waals surface area (Å²) in [7, 11) is 0. The summed E-state index contributed by atoms with van der Waals surface area (Å²) in [6, 6.07) is 5.93. The minimum absolute atomic E-state index is 0.843. The van der Waals surface area contributed by atoms with Crippen LogP contribution in [-0.4, -0.2) is 0 Å². The van der Waals surface area contributed by atoms with E-state index in [1.807, 2.05) is 26.0 Å². The molecule has 0 aliphatic carbocycles. The number of benzene rings is 1. The van der Waals surface area contributed by atoms with Gasteiger partial charge in [-0.15, -0.1) is 0 Å². The van der Waals surface area contributed by atoms with Crippen molar-refractivity contribution in [2.24, 2.45) is 0 Å². The van der Waals surface area contributed by atoms with Crippen LogP contribution in [0.4, 0.5) is 0 Å². The molecule has 0 bridgehead atoms. The van der Waals surface area contributed by atoms with E-state index >= 15 is 0 Å². The number of halogens is 1. The first-order valence-electron chi connectivity index (χ1n) is 3.30. The summed E-state index contributed by atoms with van der Waals surface area (Å²) in [4.78, 5) is 0. The maximum Gasteiger partial charge on any atom is 0.0438 e. The molecule has 0 aliphatic heterocycles. The molecule has 0 heterocycles. The molecule has 1 aromatic carbocycles. The largest absolute Gasteiger partial charge is 0.0840 e. The fraction of sp³-hybridized carbons (Fsp3) is 0.222. The van der Waals surface area contributed by atoms with E-state index in [2.05, 4.69) is 12.5 Å². The van der Waals surface area contributed by atoms with Gasteiger partial charge in [-0.2, -0.15) is 0 Å². The molecule has 0 amide bonds. The number of rotatable bonds is 1. The third-order valence-electron chi connectivity index (χ3n) is 1.62. The average molecular weight is 154 g/mol. The first-order chi connectivity index (χ1) is 4.75. The Bertz CT molecular complexity index is 228. The average Bonchev–Trinajstić information content (AvgIpc) is 1.95. The molecule has 0 nitrogen and oxygen atoms in total. The van der Waals surface area contributed by atoms with Crippen LogP contribution in [0.3, 0.4) is 0 Å². The lowest BCUT2D eigenvalue weighted by molar-refractivity contribution is 1.33. The molecule has 0 aliphatic rings. The van der Waals surface area contributed by atoms with Crippen LogP contribution >= 0.6 is 11.6 Å². The van der Waals surface area contributed by atoms with Crippen LogP contribution < -0.4 is 0 Å². The number of hydrogen-bond acceptors (Lipinski definition) is 0. The molecule has 1 radical (unpaired) electrons. The van der Waals surface area contributed by atoms with Crippen LogP contribution in [0.5, 0.6) is 0 Å². The third-order valence-corrected chi connectivity index (χ3v) is 2.03. The topological polar surface area (TPSA) is 0 Å². The zero-order chi connectivity index (χ0) is 7.56. The Balaban J connectivity index is 3.14. The van der Waals surface area contributed by atoms with Crippen molar-refractivity contribution in [3.63, 3.8) is 0 Å². The van der Waals surface area contributed by atoms with E-state index in [4.69, 9.17) is 11.6 Å². The Hall–Kier alpha value is -0.490. The van der Waals surface area contributed by atoms with Crippen molar-refractivity contribution in [1.82, 2.24) is 0 Å². The van der Waals surface area contributed by atoms with Crippen LogP contribution in [-0.2, 0) is 0 Å². The second-order valence-corrected chi connectivity index (χ2v) is 2.65. The highest BCUT2D eigenvalue weighted by Crippen LogP contribution is 2.19. The molecule has 0 fully saturated rings. The minimum atomic E-state index is 0.843. The molecule has 0 atom stereocenters. The van der Waals surface area contributed by atoms with Gasteiger partial charge < -0.3 is 0 Å². The van der Waals surface area contributed by atoms with Gasteiger partial charge in [-0.1, -0.05) is 30.7 Å². The fourth-order valence-corrected chi connectivity index (χ4v) is 1.12. The SMILES string of the molecule is C[CH]c1cccc(Cl)c1C. The van der Waals surface area contributed by atoms with Gasteiger partial charge in [0.1, 0.15) is 0 Å². The first-order valence-corrected chi connectivity index (χ1v) is 3.68. The Labute approximate surface area is 66.8 Å². The lowest BCUT2D eigenvalue weighted by Crippen LogP contribution is -1.83. The molecule has 0 saturated heterocycles. The van der Waals surface area contributed by atoms with Crippen molar-refractivity contribution in [1.29, 1.82) is 0 Å². The van der Waals surface area contributed by atoms with Crippen molar-refractivity contribution >= 4 is 11.6 Å². The highest BCUT2D eigenvalue weighted by atomic mass is 35.5. The highest BCUT2D eigenvalue weighted by molar-refractivity contribution is 6.31. The summed E-state index contributed by atoms with van der Waals surface area (Å²) in [5, 5.41) is 0.843. The van der Waals surface area contributed by atoms with Crippen molar-refractivity contribution < 1.29 is 0 Å². The summed E-state index contributed by atoms with van der Waals surface area (Å²) in [6.45, 7) is 4.04. The van der Waals surface area contributed by atoms with Gasteiger partial charge in [-0.05, 0) is 30.5 Å². The first kappa shape index (κ1) is 7.62. The smallest absolute Gasteiger partial charge is 0.0438 e. The van der Waals surface area contributed by atoms with Gasteiger partial charge >= 0.3 is 0 Å². The van der Waals surface area contributed by atoms with E-state index in [-0.39, 0.29) is 0 Å². The van der Waals surface area contributed by atoms with E-state index < -0.39 is 0 Å². The Morgan fingerprint density at radius 1 is 1.40 bits per heavy atom. The van der Waals surface area contributed by atoms with Crippen LogP contribution in [0.1, 0.15) is 18.1 Å². The number of hydrogen-bond donors (Lipinski definition) is 0. The summed E-state index contributed by atoms with van der Waals surface area (Å²) in [5.41, 5.74) is 2.37. The van der Waals surface area contributed by atoms with Crippen LogP contribution in [0.25, 0.3) is 0 Å². The summed E-state index contributed by atoms with van der Waals surface area (Å²) in [5.74, 6) is 0. The minimum Gasteiger partial charge on any atom is -0.0840 e. The standard InChI is InChI=1S/C9H10Cl/c1-3-8-5-4-6-9(10)7(8)2/h3-6H,1-2H3. The molecule has 1 rings (SSSR count). The Kier molecular flexibility index (Phi) is 2.34. The van der Waals surface area contributed by atoms with E-state index in [1.54, 1.807) is 0 Å². The van der Waals surface area contributed by atoms with Gasteiger partial charge in [0, 0.05) is 5.02 Å². The molecular formula is C9H10Cl. The highest BCUT2D eigenvalue weighted by Gasteiger charge is 1.97. The van der Waals surface area contributed by atoms with Gasteiger partial charge in [0.2, 0.25) is 0 Å². The predicted octanol–water partition coefficient (Wildman–Crippen LogP) is 3.22. The molecule has 0 aromatic heterocycles. The maximum atomic E-state index is 5.87. The molecule has 1 aromatic rings. The summed E-state index contributed by atoms with van der Waals surface area (Å²) in [6.07, 6.45) is 2.06. The van der Waals surface area contributed by atoms with Crippen molar-refractivity contribution in [3.05, 3.63) is 40.8 Å². The summed E-state index contributed by atoms with van der Waals surface area (Å²) >= 11 is 5.87. The van der Waals surface area contributed by atoms with Crippen LogP contribution in [0, 0.1) is 13.3 Å². The predicted molar refractivity (Wildman–Crippen MR) is 45.3 cm³/mol. The second kappa shape index (κ2) is 3.07. The van der Waals surface area contributed by atoms with Crippen LogP contribution in [0.2, 0.25) is 5.02 Å². The molecule has 0 N–H and O–H groups in total. The lowest BCUT2D eigenvalue weighted by atomic mass is 10.1. The Morgan fingerprint density at radius 3 is 2.60 bits per heavy atom. The van der Waals surface area contributed by atoms with E-state index in [0.29, 0.717) is 0 Å². The van der Waals surface area contributed by atoms with Crippen LogP contribution in [0.15, 0.2) is 18.2 Å². The van der Waals surface area contributed by atoms with E-state index in [9.17, 15) is 0 Å². The second-order valence-electron chi connectivity index (χ2n) is 2.24. The van der Waals surface area contributed by atoms with Crippen molar-refractivity contribution in [2.75, 3.05) is 0 Å². The molecule has 53 valence electrons. The molecular weight excluding hydrogens is 144 g/mol. The summed E-state index contributed by atoms with van der Waals surface area (Å²) < 4.78 is 0. The van der Waals surface area contributed by atoms with Crippen molar-refractivity contribution in [3.8, 4) is 0 Å². The van der Waals surface area contributed by atoms with Gasteiger partial charge in [0.05, 0.1) is 0 Å². The van der Waals surface area contributed by atoms with Gasteiger partial charge in [0.15, 0.2) is 0 Å². The fourth-order valence-electron chi connectivity index (χ4n) is 0.937. The molecule has 1 heteroatoms. The zero-order valence-electron chi connectivity index (χ0n) is 6.19. The normalized spacial score (nSPS) is 9.90. The van der Waals surface area contributed by atoms with Crippen molar-refractivity contribution in [2.45, 2.75) is 13.8 Å². The lowest BCUT2D eigenvalue weighted by Gasteiger charge is -2.02. The monoisotopic (exact) mass is 153 g/mol. The quantitative estimate of drug-likeness (QED) is 0.581. The van der Waals surface area contributed by atoms with Gasteiger partial charge in [0.25, 0.3) is 0 Å².